The molecular formula is C17H19BrINO. The summed E-state index contributed by atoms with van der Waals surface area (Å²) in [6.07, 6.45) is 0.923. The van der Waals surface area contributed by atoms with Crippen molar-refractivity contribution < 1.29 is 4.74 Å². The molecule has 0 aliphatic carbocycles. The number of hydrogen-bond donors (Lipinski definition) is 1. The van der Waals surface area contributed by atoms with Crippen LogP contribution in [0, 0.1) is 3.57 Å². The Kier molecular flexibility index (Phi) is 6.51. The topological polar surface area (TPSA) is 21.3 Å². The maximum atomic E-state index is 5.33. The molecule has 112 valence electrons. The quantitative estimate of drug-likeness (QED) is 0.616. The first kappa shape index (κ1) is 16.8. The predicted octanol–water partition coefficient (Wildman–Crippen LogP) is 4.96. The zero-order valence-corrected chi connectivity index (χ0v) is 15.9. The Morgan fingerprint density at radius 1 is 1.19 bits per heavy atom. The molecule has 0 amide bonds. The van der Waals surface area contributed by atoms with Gasteiger partial charge >= 0.3 is 0 Å². The van der Waals surface area contributed by atoms with Crippen LogP contribution >= 0.6 is 38.5 Å². The van der Waals surface area contributed by atoms with Gasteiger partial charge in [0.25, 0.3) is 0 Å². The molecule has 21 heavy (non-hydrogen) atoms. The monoisotopic (exact) mass is 459 g/mol. The predicted molar refractivity (Wildman–Crippen MR) is 100.0 cm³/mol. The first-order chi connectivity index (χ1) is 10.1. The third kappa shape index (κ3) is 4.69. The summed E-state index contributed by atoms with van der Waals surface area (Å²) >= 11 is 5.97. The Hall–Kier alpha value is -0.590. The Labute approximate surface area is 148 Å². The third-order valence-corrected chi connectivity index (χ3v) is 4.89. The number of rotatable bonds is 6. The van der Waals surface area contributed by atoms with Gasteiger partial charge in [-0.3, -0.25) is 0 Å². The zero-order chi connectivity index (χ0) is 15.2. The minimum absolute atomic E-state index is 0.301. The molecule has 0 radical (unpaired) electrons. The van der Waals surface area contributed by atoms with Gasteiger partial charge in [-0.05, 0) is 77.0 Å². The minimum Gasteiger partial charge on any atom is -0.497 e. The van der Waals surface area contributed by atoms with Crippen molar-refractivity contribution in [3.63, 3.8) is 0 Å². The average molecular weight is 460 g/mol. The first-order valence-electron chi connectivity index (χ1n) is 6.95. The summed E-state index contributed by atoms with van der Waals surface area (Å²) in [5.74, 6) is 0.894. The van der Waals surface area contributed by atoms with E-state index in [1.807, 2.05) is 12.1 Å². The molecule has 0 saturated heterocycles. The second-order valence-electron chi connectivity index (χ2n) is 4.82. The first-order valence-corrected chi connectivity index (χ1v) is 8.82. The van der Waals surface area contributed by atoms with Crippen LogP contribution in [0.15, 0.2) is 46.9 Å². The second-order valence-corrected chi connectivity index (χ2v) is 6.92. The maximum absolute atomic E-state index is 5.33. The molecule has 2 aromatic rings. The van der Waals surface area contributed by atoms with Crippen LogP contribution in [0.3, 0.4) is 0 Å². The zero-order valence-electron chi connectivity index (χ0n) is 12.2. The van der Waals surface area contributed by atoms with Gasteiger partial charge in [0.2, 0.25) is 0 Å². The SMILES string of the molecule is CCNC(Cc1cc(OC)ccc1Br)c1ccc(I)cc1. The summed E-state index contributed by atoms with van der Waals surface area (Å²) in [7, 11) is 1.70. The molecular weight excluding hydrogens is 441 g/mol. The van der Waals surface area contributed by atoms with E-state index in [-0.39, 0.29) is 0 Å². The van der Waals surface area contributed by atoms with Crippen LogP contribution in [0.4, 0.5) is 0 Å². The van der Waals surface area contributed by atoms with Crippen LogP contribution in [-0.4, -0.2) is 13.7 Å². The fourth-order valence-electron chi connectivity index (χ4n) is 2.30. The van der Waals surface area contributed by atoms with Crippen molar-refractivity contribution in [3.8, 4) is 5.75 Å². The normalized spacial score (nSPS) is 12.2. The molecule has 1 N–H and O–H groups in total. The number of benzene rings is 2. The van der Waals surface area contributed by atoms with Gasteiger partial charge in [0.05, 0.1) is 7.11 Å². The van der Waals surface area contributed by atoms with Gasteiger partial charge in [0, 0.05) is 14.1 Å². The van der Waals surface area contributed by atoms with Crippen molar-refractivity contribution in [1.29, 1.82) is 0 Å². The van der Waals surface area contributed by atoms with E-state index in [2.05, 4.69) is 81.1 Å². The van der Waals surface area contributed by atoms with Gasteiger partial charge < -0.3 is 10.1 Å². The van der Waals surface area contributed by atoms with E-state index in [0.29, 0.717) is 6.04 Å². The third-order valence-electron chi connectivity index (χ3n) is 3.40. The van der Waals surface area contributed by atoms with Gasteiger partial charge in [-0.25, -0.2) is 0 Å². The molecule has 2 nitrogen and oxygen atoms in total. The molecule has 1 unspecified atom stereocenters. The van der Waals surface area contributed by atoms with Crippen molar-refractivity contribution in [2.24, 2.45) is 0 Å². The van der Waals surface area contributed by atoms with Gasteiger partial charge in [-0.15, -0.1) is 0 Å². The van der Waals surface area contributed by atoms with Crippen molar-refractivity contribution in [2.75, 3.05) is 13.7 Å². The Morgan fingerprint density at radius 3 is 2.52 bits per heavy atom. The fraction of sp³-hybridized carbons (Fsp3) is 0.294. The highest BCUT2D eigenvalue weighted by Gasteiger charge is 2.13. The highest BCUT2D eigenvalue weighted by molar-refractivity contribution is 14.1. The molecule has 0 aromatic heterocycles. The molecule has 1 atom stereocenters. The lowest BCUT2D eigenvalue weighted by molar-refractivity contribution is 0.413. The Balaban J connectivity index is 2.25. The summed E-state index contributed by atoms with van der Waals surface area (Å²) in [6.45, 7) is 3.08. The minimum atomic E-state index is 0.301. The number of methoxy groups -OCH3 is 1. The van der Waals surface area contributed by atoms with Crippen molar-refractivity contribution in [3.05, 3.63) is 61.6 Å². The van der Waals surface area contributed by atoms with Crippen LogP contribution < -0.4 is 10.1 Å². The van der Waals surface area contributed by atoms with Crippen LogP contribution in [-0.2, 0) is 6.42 Å². The Morgan fingerprint density at radius 2 is 1.90 bits per heavy atom. The molecule has 2 rings (SSSR count). The van der Waals surface area contributed by atoms with E-state index in [1.165, 1.54) is 14.7 Å². The summed E-state index contributed by atoms with van der Waals surface area (Å²) in [4.78, 5) is 0. The van der Waals surface area contributed by atoms with Crippen LogP contribution in [0.5, 0.6) is 5.75 Å². The van der Waals surface area contributed by atoms with Crippen LogP contribution in [0.25, 0.3) is 0 Å². The van der Waals surface area contributed by atoms with Crippen molar-refractivity contribution in [1.82, 2.24) is 5.32 Å². The lowest BCUT2D eigenvalue weighted by atomic mass is 9.98. The molecule has 0 heterocycles. The summed E-state index contributed by atoms with van der Waals surface area (Å²) in [5, 5.41) is 3.57. The maximum Gasteiger partial charge on any atom is 0.119 e. The molecule has 0 spiro atoms. The Bertz CT molecular complexity index is 586. The number of likely N-dealkylation sites (N-methyl/N-ethyl adjacent to an activating group) is 1. The molecule has 0 bridgehead atoms. The summed E-state index contributed by atoms with van der Waals surface area (Å²) in [6, 6.07) is 15.1. The standard InChI is InChI=1S/C17H19BrINO/c1-3-20-17(12-4-6-14(19)7-5-12)11-13-10-15(21-2)8-9-16(13)18/h4-10,17,20H,3,11H2,1-2H3. The lowest BCUT2D eigenvalue weighted by Crippen LogP contribution is -2.23. The van der Waals surface area contributed by atoms with Crippen molar-refractivity contribution in [2.45, 2.75) is 19.4 Å². The van der Waals surface area contributed by atoms with Gasteiger partial charge in [-0.2, -0.15) is 0 Å². The van der Waals surface area contributed by atoms with E-state index in [9.17, 15) is 0 Å². The lowest BCUT2D eigenvalue weighted by Gasteiger charge is -2.20. The summed E-state index contributed by atoms with van der Waals surface area (Å²) < 4.78 is 7.71. The van der Waals surface area contributed by atoms with E-state index in [1.54, 1.807) is 7.11 Å². The second kappa shape index (κ2) is 8.15. The molecule has 2 aromatic carbocycles. The van der Waals surface area contributed by atoms with Crippen LogP contribution in [0.1, 0.15) is 24.1 Å². The van der Waals surface area contributed by atoms with Gasteiger partial charge in [-0.1, -0.05) is 35.0 Å². The number of halogens is 2. The molecule has 0 aliphatic rings. The summed E-state index contributed by atoms with van der Waals surface area (Å²) in [5.41, 5.74) is 2.56. The number of hydrogen-bond acceptors (Lipinski definition) is 2. The smallest absolute Gasteiger partial charge is 0.119 e. The number of ether oxygens (including phenoxy) is 1. The van der Waals surface area contributed by atoms with Crippen molar-refractivity contribution >= 4 is 38.5 Å². The molecule has 4 heteroatoms. The molecule has 0 saturated carbocycles. The van der Waals surface area contributed by atoms with E-state index >= 15 is 0 Å². The van der Waals surface area contributed by atoms with Gasteiger partial charge in [0.1, 0.15) is 5.75 Å². The van der Waals surface area contributed by atoms with E-state index < -0.39 is 0 Å². The average Bonchev–Trinajstić information content (AvgIpc) is 2.49. The molecule has 0 aliphatic heterocycles. The van der Waals surface area contributed by atoms with Crippen LogP contribution in [0.2, 0.25) is 0 Å². The highest BCUT2D eigenvalue weighted by Crippen LogP contribution is 2.27. The molecule has 0 fully saturated rings. The highest BCUT2D eigenvalue weighted by atomic mass is 127. The van der Waals surface area contributed by atoms with Gasteiger partial charge in [0.15, 0.2) is 0 Å². The number of nitrogens with one attached hydrogen (secondary N) is 1. The fourth-order valence-corrected chi connectivity index (χ4v) is 3.07. The van der Waals surface area contributed by atoms with E-state index in [4.69, 9.17) is 4.74 Å². The largest absolute Gasteiger partial charge is 0.497 e. The van der Waals surface area contributed by atoms with E-state index in [0.717, 1.165) is 23.2 Å².